The molecule has 0 atom stereocenters. The lowest BCUT2D eigenvalue weighted by Gasteiger charge is -2.19. The molecule has 0 aliphatic carbocycles. The predicted molar refractivity (Wildman–Crippen MR) is 134 cm³/mol. The van der Waals surface area contributed by atoms with E-state index in [0.29, 0.717) is 29.3 Å². The van der Waals surface area contributed by atoms with Crippen molar-refractivity contribution >= 4 is 28.2 Å². The number of esters is 1. The van der Waals surface area contributed by atoms with Gasteiger partial charge in [-0.1, -0.05) is 12.1 Å². The molecular formula is C27H27F3N2O3S. The first-order valence-electron chi connectivity index (χ1n) is 11.5. The van der Waals surface area contributed by atoms with Crippen LogP contribution in [-0.2, 0) is 28.7 Å². The molecule has 0 unspecified atom stereocenters. The molecular weight excluding hydrogens is 489 g/mol. The molecule has 190 valence electrons. The van der Waals surface area contributed by atoms with Gasteiger partial charge in [-0.3, -0.25) is 4.79 Å². The largest absolute Gasteiger partial charge is 0.493 e. The number of aryl methyl sites for hydroxylation is 1. The van der Waals surface area contributed by atoms with E-state index in [0.717, 1.165) is 33.6 Å². The Morgan fingerprint density at radius 1 is 1.08 bits per heavy atom. The molecule has 0 saturated heterocycles. The van der Waals surface area contributed by atoms with Gasteiger partial charge in [-0.05, 0) is 63.4 Å². The molecule has 5 nitrogen and oxygen atoms in total. The van der Waals surface area contributed by atoms with Gasteiger partial charge in [0.2, 0.25) is 0 Å². The second-order valence-electron chi connectivity index (χ2n) is 9.46. The summed E-state index contributed by atoms with van der Waals surface area (Å²) < 4.78 is 52.4. The third-order valence-electron chi connectivity index (χ3n) is 5.39. The monoisotopic (exact) mass is 516 g/mol. The normalized spacial score (nSPS) is 12.2. The molecule has 0 aliphatic heterocycles. The van der Waals surface area contributed by atoms with Crippen LogP contribution in [0.4, 0.5) is 13.2 Å². The zero-order chi connectivity index (χ0) is 26.1. The highest BCUT2D eigenvalue weighted by molar-refractivity contribution is 7.15. The summed E-state index contributed by atoms with van der Waals surface area (Å²) in [6.45, 7) is 7.82. The topological polar surface area (TPSA) is 53.4 Å². The molecule has 4 aromatic rings. The van der Waals surface area contributed by atoms with Crippen molar-refractivity contribution in [2.75, 3.05) is 6.61 Å². The van der Waals surface area contributed by atoms with Crippen molar-refractivity contribution in [1.29, 1.82) is 0 Å². The van der Waals surface area contributed by atoms with E-state index in [4.69, 9.17) is 9.47 Å². The average molecular weight is 517 g/mol. The van der Waals surface area contributed by atoms with Crippen molar-refractivity contribution in [2.24, 2.45) is 0 Å². The summed E-state index contributed by atoms with van der Waals surface area (Å²) in [6, 6.07) is 12.8. The second kappa shape index (κ2) is 9.97. The molecule has 2 aromatic carbocycles. The Bertz CT molecular complexity index is 1380. The van der Waals surface area contributed by atoms with Crippen LogP contribution in [0.2, 0.25) is 0 Å². The van der Waals surface area contributed by atoms with E-state index >= 15 is 0 Å². The Kier molecular flexibility index (Phi) is 7.13. The molecule has 0 aliphatic rings. The lowest BCUT2D eigenvalue weighted by molar-refractivity contribution is -0.155. The van der Waals surface area contributed by atoms with E-state index in [-0.39, 0.29) is 12.5 Å². The number of carbonyl (C=O) groups is 1. The Morgan fingerprint density at radius 3 is 2.58 bits per heavy atom. The summed E-state index contributed by atoms with van der Waals surface area (Å²) in [6.07, 6.45) is -1.99. The van der Waals surface area contributed by atoms with E-state index in [1.165, 1.54) is 17.4 Å². The van der Waals surface area contributed by atoms with Gasteiger partial charge in [-0.2, -0.15) is 13.2 Å². The van der Waals surface area contributed by atoms with Gasteiger partial charge < -0.3 is 14.0 Å². The quantitative estimate of drug-likeness (QED) is 0.247. The van der Waals surface area contributed by atoms with Crippen LogP contribution in [0.15, 0.2) is 54.7 Å². The zero-order valence-electron chi connectivity index (χ0n) is 20.5. The molecule has 0 amide bonds. The van der Waals surface area contributed by atoms with Crippen LogP contribution in [0.25, 0.3) is 21.5 Å². The van der Waals surface area contributed by atoms with Gasteiger partial charge in [0, 0.05) is 29.1 Å². The first kappa shape index (κ1) is 25.8. The minimum Gasteiger partial charge on any atom is -0.493 e. The molecule has 0 spiro atoms. The van der Waals surface area contributed by atoms with Crippen LogP contribution in [0.1, 0.15) is 36.9 Å². The van der Waals surface area contributed by atoms with Gasteiger partial charge in [0.1, 0.15) is 22.9 Å². The number of nitrogens with zero attached hydrogens (tertiary/aromatic N) is 2. The smallest absolute Gasteiger partial charge is 0.416 e. The number of hydrogen-bond acceptors (Lipinski definition) is 5. The number of aromatic nitrogens is 2. The predicted octanol–water partition coefficient (Wildman–Crippen LogP) is 7.06. The fraction of sp³-hybridized carbons (Fsp3) is 0.333. The number of thiazole rings is 1. The molecule has 4 rings (SSSR count). The summed E-state index contributed by atoms with van der Waals surface area (Å²) in [5.41, 5.74) is 0.840. The summed E-state index contributed by atoms with van der Waals surface area (Å²) in [5.74, 6) is 0.343. The summed E-state index contributed by atoms with van der Waals surface area (Å²) >= 11 is 1.37. The third kappa shape index (κ3) is 6.26. The van der Waals surface area contributed by atoms with E-state index in [1.54, 1.807) is 6.07 Å². The Hall–Kier alpha value is -3.33. The zero-order valence-corrected chi connectivity index (χ0v) is 21.3. The van der Waals surface area contributed by atoms with Crippen molar-refractivity contribution < 1.29 is 27.4 Å². The van der Waals surface area contributed by atoms with E-state index in [9.17, 15) is 18.0 Å². The van der Waals surface area contributed by atoms with E-state index in [1.807, 2.05) is 62.7 Å². The van der Waals surface area contributed by atoms with Crippen molar-refractivity contribution in [2.45, 2.75) is 52.4 Å². The molecule has 0 fully saturated rings. The molecule has 0 bridgehead atoms. The van der Waals surface area contributed by atoms with E-state index < -0.39 is 17.3 Å². The number of fused-ring (bicyclic) bond motifs is 1. The van der Waals surface area contributed by atoms with Crippen molar-refractivity contribution in [3.8, 4) is 16.3 Å². The Balaban J connectivity index is 1.42. The molecule has 9 heteroatoms. The summed E-state index contributed by atoms with van der Waals surface area (Å²) in [5, 5.41) is 1.53. The van der Waals surface area contributed by atoms with Gasteiger partial charge in [-0.25, -0.2) is 4.98 Å². The van der Waals surface area contributed by atoms with E-state index in [2.05, 4.69) is 4.98 Å². The highest BCUT2D eigenvalue weighted by Crippen LogP contribution is 2.34. The number of carbonyl (C=O) groups excluding carboxylic acids is 1. The first-order chi connectivity index (χ1) is 16.9. The van der Waals surface area contributed by atoms with Crippen LogP contribution in [0.3, 0.4) is 0 Å². The maximum absolute atomic E-state index is 13.1. The van der Waals surface area contributed by atoms with Gasteiger partial charge in [0.15, 0.2) is 0 Å². The van der Waals surface area contributed by atoms with Crippen LogP contribution in [0.5, 0.6) is 5.75 Å². The number of hydrogen-bond donors (Lipinski definition) is 0. The van der Waals surface area contributed by atoms with Crippen LogP contribution in [0, 0.1) is 6.92 Å². The summed E-state index contributed by atoms with van der Waals surface area (Å²) in [4.78, 5) is 17.7. The molecule has 0 saturated carbocycles. The first-order valence-corrected chi connectivity index (χ1v) is 12.3. The minimum atomic E-state index is -4.40. The molecule has 2 heterocycles. The average Bonchev–Trinajstić information content (AvgIpc) is 3.35. The molecule has 0 N–H and O–H groups in total. The number of alkyl halides is 3. The molecule has 0 radical (unpaired) electrons. The second-order valence-corrected chi connectivity index (χ2v) is 10.5. The maximum atomic E-state index is 13.1. The number of ether oxygens (including phenoxy) is 2. The fourth-order valence-electron chi connectivity index (χ4n) is 3.78. The Morgan fingerprint density at radius 2 is 1.86 bits per heavy atom. The van der Waals surface area contributed by atoms with Gasteiger partial charge in [-0.15, -0.1) is 11.3 Å². The van der Waals surface area contributed by atoms with Gasteiger partial charge >= 0.3 is 12.1 Å². The lowest BCUT2D eigenvalue weighted by atomic mass is 10.1. The van der Waals surface area contributed by atoms with Crippen molar-refractivity contribution in [1.82, 2.24) is 9.55 Å². The Labute approximate surface area is 211 Å². The number of benzene rings is 2. The van der Waals surface area contributed by atoms with Crippen LogP contribution < -0.4 is 4.74 Å². The van der Waals surface area contributed by atoms with Crippen molar-refractivity contribution in [3.05, 3.63) is 70.9 Å². The number of halogens is 3. The third-order valence-corrected chi connectivity index (χ3v) is 6.66. The summed E-state index contributed by atoms with van der Waals surface area (Å²) in [7, 11) is 0. The number of rotatable bonds is 7. The highest BCUT2D eigenvalue weighted by Gasteiger charge is 2.30. The maximum Gasteiger partial charge on any atom is 0.416 e. The minimum absolute atomic E-state index is 0.0998. The van der Waals surface area contributed by atoms with Gasteiger partial charge in [0.05, 0.1) is 23.4 Å². The highest BCUT2D eigenvalue weighted by atomic mass is 32.1. The van der Waals surface area contributed by atoms with Crippen LogP contribution >= 0.6 is 11.3 Å². The van der Waals surface area contributed by atoms with Crippen molar-refractivity contribution in [3.63, 3.8) is 0 Å². The lowest BCUT2D eigenvalue weighted by Crippen LogP contribution is -2.26. The van der Waals surface area contributed by atoms with Gasteiger partial charge in [0.25, 0.3) is 0 Å². The van der Waals surface area contributed by atoms with Crippen LogP contribution in [-0.4, -0.2) is 27.7 Å². The SMILES string of the molecule is Cc1nc(-c2cccc(C(F)(F)F)c2)sc1CCOc1ccc2ccn(CC(=O)OC(C)(C)C)c2c1. The molecule has 36 heavy (non-hydrogen) atoms. The molecule has 2 aromatic heterocycles. The standard InChI is InChI=1S/C27H27F3N2O3S/c1-17-23(36-25(31-17)19-6-5-7-20(14-19)27(28,29)30)11-13-34-21-9-8-18-10-12-32(22(18)15-21)16-24(33)35-26(2,3)4/h5-10,12,14-15H,11,13,16H2,1-4H3. The fourth-order valence-corrected chi connectivity index (χ4v) is 4.82.